The number of rotatable bonds is 3. The smallest absolute Gasteiger partial charge is 0.244 e. The summed E-state index contributed by atoms with van der Waals surface area (Å²) in [6.45, 7) is 4.53. The first-order chi connectivity index (χ1) is 11.8. The quantitative estimate of drug-likeness (QED) is 0.795. The Bertz CT molecular complexity index is 711. The zero-order chi connectivity index (χ0) is 16.4. The Labute approximate surface area is 140 Å². The minimum Gasteiger partial charge on any atom is -0.378 e. The standard InChI is InChI=1S/C16H20N6O2/c23-15(12-22-4-1-3-18-22)21-5-2-13-10-17-16(19-14(13)11-21)20-6-8-24-9-7-20/h1,3-4,10H,2,5-9,11-12H2. The second-order valence-corrected chi connectivity index (χ2v) is 6.01. The highest BCUT2D eigenvalue weighted by Crippen LogP contribution is 2.20. The van der Waals surface area contributed by atoms with Crippen LogP contribution in [-0.4, -0.2) is 63.4 Å². The van der Waals surface area contributed by atoms with Crippen LogP contribution in [-0.2, 0) is 29.0 Å². The first-order valence-electron chi connectivity index (χ1n) is 8.22. The molecule has 0 N–H and O–H groups in total. The molecular formula is C16H20N6O2. The Hall–Kier alpha value is -2.48. The van der Waals surface area contributed by atoms with Crippen LogP contribution in [0.3, 0.4) is 0 Å². The van der Waals surface area contributed by atoms with Gasteiger partial charge in [0.25, 0.3) is 0 Å². The van der Waals surface area contributed by atoms with Crippen molar-refractivity contribution < 1.29 is 9.53 Å². The normalized spacial score (nSPS) is 17.7. The van der Waals surface area contributed by atoms with Gasteiger partial charge in [-0.15, -0.1) is 0 Å². The number of hydrogen-bond donors (Lipinski definition) is 0. The molecule has 0 radical (unpaired) electrons. The van der Waals surface area contributed by atoms with Gasteiger partial charge in [-0.2, -0.15) is 5.10 Å². The molecule has 0 atom stereocenters. The first kappa shape index (κ1) is 15.1. The maximum absolute atomic E-state index is 12.5. The van der Waals surface area contributed by atoms with Gasteiger partial charge in [0.2, 0.25) is 11.9 Å². The number of carbonyl (C=O) groups excluding carboxylic acids is 1. The van der Waals surface area contributed by atoms with Crippen molar-refractivity contribution in [2.45, 2.75) is 19.5 Å². The van der Waals surface area contributed by atoms with E-state index in [1.165, 1.54) is 0 Å². The molecule has 0 aliphatic carbocycles. The monoisotopic (exact) mass is 328 g/mol. The highest BCUT2D eigenvalue weighted by molar-refractivity contribution is 5.76. The molecule has 2 aromatic heterocycles. The molecule has 0 bridgehead atoms. The van der Waals surface area contributed by atoms with E-state index in [9.17, 15) is 4.79 Å². The molecular weight excluding hydrogens is 308 g/mol. The van der Waals surface area contributed by atoms with Crippen molar-refractivity contribution in [3.05, 3.63) is 35.9 Å². The van der Waals surface area contributed by atoms with Gasteiger partial charge >= 0.3 is 0 Å². The van der Waals surface area contributed by atoms with Crippen LogP contribution in [0.15, 0.2) is 24.7 Å². The molecule has 4 heterocycles. The Morgan fingerprint density at radius 1 is 1.25 bits per heavy atom. The Balaban J connectivity index is 1.47. The minimum absolute atomic E-state index is 0.0656. The fourth-order valence-corrected chi connectivity index (χ4v) is 3.05. The van der Waals surface area contributed by atoms with Crippen LogP contribution < -0.4 is 4.90 Å². The Morgan fingerprint density at radius 2 is 2.12 bits per heavy atom. The number of aromatic nitrogens is 4. The fourth-order valence-electron chi connectivity index (χ4n) is 3.05. The topological polar surface area (TPSA) is 76.4 Å². The van der Waals surface area contributed by atoms with Crippen LogP contribution in [0.2, 0.25) is 0 Å². The molecule has 2 aliphatic heterocycles. The van der Waals surface area contributed by atoms with E-state index in [1.807, 2.05) is 17.2 Å². The van der Waals surface area contributed by atoms with E-state index in [-0.39, 0.29) is 12.5 Å². The molecule has 0 spiro atoms. The summed E-state index contributed by atoms with van der Waals surface area (Å²) >= 11 is 0. The maximum atomic E-state index is 12.5. The van der Waals surface area contributed by atoms with E-state index in [1.54, 1.807) is 17.1 Å². The lowest BCUT2D eigenvalue weighted by atomic mass is 10.1. The third-order valence-electron chi connectivity index (χ3n) is 4.44. The summed E-state index contributed by atoms with van der Waals surface area (Å²) in [5.41, 5.74) is 2.08. The predicted octanol–water partition coefficient (Wildman–Crippen LogP) is 0.0946. The van der Waals surface area contributed by atoms with E-state index in [0.29, 0.717) is 26.3 Å². The molecule has 1 fully saturated rings. The second-order valence-electron chi connectivity index (χ2n) is 6.01. The van der Waals surface area contributed by atoms with Crippen molar-refractivity contribution in [1.82, 2.24) is 24.6 Å². The number of amides is 1. The van der Waals surface area contributed by atoms with E-state index in [4.69, 9.17) is 9.72 Å². The van der Waals surface area contributed by atoms with Crippen LogP contribution in [0, 0.1) is 0 Å². The van der Waals surface area contributed by atoms with Crippen molar-refractivity contribution >= 4 is 11.9 Å². The number of hydrogen-bond acceptors (Lipinski definition) is 6. The highest BCUT2D eigenvalue weighted by Gasteiger charge is 2.24. The molecule has 0 aromatic carbocycles. The Kier molecular flexibility index (Phi) is 4.12. The van der Waals surface area contributed by atoms with E-state index >= 15 is 0 Å². The molecule has 4 rings (SSSR count). The number of morpholine rings is 1. The average Bonchev–Trinajstić information content (AvgIpc) is 3.14. The summed E-state index contributed by atoms with van der Waals surface area (Å²) in [5, 5.41) is 4.10. The molecule has 1 saturated heterocycles. The lowest BCUT2D eigenvalue weighted by Crippen LogP contribution is -2.40. The zero-order valence-electron chi connectivity index (χ0n) is 13.5. The van der Waals surface area contributed by atoms with E-state index < -0.39 is 0 Å². The summed E-state index contributed by atoms with van der Waals surface area (Å²) in [6.07, 6.45) is 6.18. The van der Waals surface area contributed by atoms with Crippen LogP contribution >= 0.6 is 0 Å². The zero-order valence-corrected chi connectivity index (χ0v) is 13.5. The summed E-state index contributed by atoms with van der Waals surface area (Å²) in [5.74, 6) is 0.800. The molecule has 8 nitrogen and oxygen atoms in total. The largest absolute Gasteiger partial charge is 0.378 e. The van der Waals surface area contributed by atoms with Crippen molar-refractivity contribution in [3.8, 4) is 0 Å². The molecule has 2 aliphatic rings. The Morgan fingerprint density at radius 3 is 2.92 bits per heavy atom. The van der Waals surface area contributed by atoms with Gasteiger partial charge in [-0.05, 0) is 18.1 Å². The summed E-state index contributed by atoms with van der Waals surface area (Å²) in [6, 6.07) is 1.82. The molecule has 8 heteroatoms. The summed E-state index contributed by atoms with van der Waals surface area (Å²) in [7, 11) is 0. The summed E-state index contributed by atoms with van der Waals surface area (Å²) in [4.78, 5) is 25.6. The number of ether oxygens (including phenoxy) is 1. The number of anilines is 1. The second kappa shape index (κ2) is 6.56. The van der Waals surface area contributed by atoms with Crippen LogP contribution in [0.4, 0.5) is 5.95 Å². The lowest BCUT2D eigenvalue weighted by Gasteiger charge is -2.30. The number of carbonyl (C=O) groups is 1. The van der Waals surface area contributed by atoms with Crippen LogP contribution in [0.1, 0.15) is 11.3 Å². The fraction of sp³-hybridized carbons (Fsp3) is 0.500. The third-order valence-corrected chi connectivity index (χ3v) is 4.44. The molecule has 0 saturated carbocycles. The van der Waals surface area contributed by atoms with Crippen LogP contribution in [0.5, 0.6) is 0 Å². The molecule has 2 aromatic rings. The van der Waals surface area contributed by atoms with Crippen molar-refractivity contribution in [3.63, 3.8) is 0 Å². The molecule has 24 heavy (non-hydrogen) atoms. The van der Waals surface area contributed by atoms with Gasteiger partial charge in [0.1, 0.15) is 6.54 Å². The molecule has 1 amide bonds. The molecule has 126 valence electrons. The minimum atomic E-state index is 0.0656. The number of fused-ring (bicyclic) bond motifs is 1. The van der Waals surface area contributed by atoms with Crippen molar-refractivity contribution in [2.24, 2.45) is 0 Å². The summed E-state index contributed by atoms with van der Waals surface area (Å²) < 4.78 is 7.02. The van der Waals surface area contributed by atoms with Gasteiger partial charge in [-0.25, -0.2) is 9.97 Å². The first-order valence-corrected chi connectivity index (χ1v) is 8.22. The van der Waals surface area contributed by atoms with E-state index in [2.05, 4.69) is 15.0 Å². The van der Waals surface area contributed by atoms with Gasteiger partial charge in [0, 0.05) is 38.2 Å². The lowest BCUT2D eigenvalue weighted by molar-refractivity contribution is -0.133. The number of nitrogens with zero attached hydrogens (tertiary/aromatic N) is 6. The van der Waals surface area contributed by atoms with Gasteiger partial charge in [-0.1, -0.05) is 0 Å². The van der Waals surface area contributed by atoms with Gasteiger partial charge < -0.3 is 14.5 Å². The molecule has 0 unspecified atom stereocenters. The van der Waals surface area contributed by atoms with Crippen molar-refractivity contribution in [2.75, 3.05) is 37.7 Å². The maximum Gasteiger partial charge on any atom is 0.244 e. The van der Waals surface area contributed by atoms with Crippen molar-refractivity contribution in [1.29, 1.82) is 0 Å². The SMILES string of the molecule is O=C(Cn1cccn1)N1CCc2cnc(N3CCOCC3)nc2C1. The highest BCUT2D eigenvalue weighted by atomic mass is 16.5. The van der Waals surface area contributed by atoms with Gasteiger partial charge in [0.15, 0.2) is 0 Å². The van der Waals surface area contributed by atoms with E-state index in [0.717, 1.165) is 36.7 Å². The van der Waals surface area contributed by atoms with Gasteiger partial charge in [0.05, 0.1) is 25.5 Å². The predicted molar refractivity (Wildman–Crippen MR) is 86.4 cm³/mol. The van der Waals surface area contributed by atoms with Crippen LogP contribution in [0.25, 0.3) is 0 Å². The third kappa shape index (κ3) is 3.09. The average molecular weight is 328 g/mol. The van der Waals surface area contributed by atoms with Gasteiger partial charge in [-0.3, -0.25) is 9.48 Å².